The fourth-order valence-corrected chi connectivity index (χ4v) is 3.45. The molecular weight excluding hydrogens is 324 g/mol. The molecule has 0 bridgehead atoms. The van der Waals surface area contributed by atoms with Crippen molar-refractivity contribution in [2.24, 2.45) is 7.05 Å². The van der Waals surface area contributed by atoms with Gasteiger partial charge in [0.1, 0.15) is 25.0 Å². The molecule has 4 rings (SSSR count). The maximum Gasteiger partial charge on any atom is 0.254 e. The second-order valence-electron chi connectivity index (χ2n) is 6.68. The van der Waals surface area contributed by atoms with Crippen molar-refractivity contribution >= 4 is 21.8 Å². The van der Waals surface area contributed by atoms with Crippen LogP contribution in [0.4, 0.5) is 0 Å². The molecule has 0 radical (unpaired) electrons. The van der Waals surface area contributed by atoms with Gasteiger partial charge in [0.05, 0.1) is 7.05 Å². The van der Waals surface area contributed by atoms with E-state index in [1.54, 1.807) is 0 Å². The summed E-state index contributed by atoms with van der Waals surface area (Å²) in [5.41, 5.74) is 2.28. The second-order valence-corrected chi connectivity index (χ2v) is 6.68. The van der Waals surface area contributed by atoms with E-state index in [1.807, 2.05) is 49.5 Å². The van der Waals surface area contributed by atoms with Crippen LogP contribution in [0.3, 0.4) is 0 Å². The highest BCUT2D eigenvalue weighted by Crippen LogP contribution is 2.21. The molecule has 0 fully saturated rings. The average Bonchev–Trinajstić information content (AvgIpc) is 2.91. The summed E-state index contributed by atoms with van der Waals surface area (Å²) in [6.07, 6.45) is -0.587. The molecule has 26 heavy (non-hydrogen) atoms. The summed E-state index contributed by atoms with van der Waals surface area (Å²) in [7, 11) is 2.05. The molecular formula is C22H23N2O2+. The van der Waals surface area contributed by atoms with E-state index in [0.717, 1.165) is 28.0 Å². The molecule has 0 saturated carbocycles. The van der Waals surface area contributed by atoms with E-state index < -0.39 is 6.10 Å². The third-order valence-electron chi connectivity index (χ3n) is 4.97. The molecule has 4 nitrogen and oxygen atoms in total. The van der Waals surface area contributed by atoms with Crippen molar-refractivity contribution in [3.8, 4) is 5.75 Å². The van der Waals surface area contributed by atoms with Crippen LogP contribution >= 0.6 is 0 Å². The third kappa shape index (κ3) is 3.04. The van der Waals surface area contributed by atoms with E-state index in [0.29, 0.717) is 6.54 Å². The van der Waals surface area contributed by atoms with E-state index in [9.17, 15) is 5.11 Å². The van der Waals surface area contributed by atoms with Crippen LogP contribution in [0.2, 0.25) is 0 Å². The number of imidazole rings is 1. The first-order valence-corrected chi connectivity index (χ1v) is 8.87. The van der Waals surface area contributed by atoms with Crippen LogP contribution in [-0.4, -0.2) is 22.4 Å². The zero-order valence-corrected chi connectivity index (χ0v) is 15.1. The Morgan fingerprint density at radius 1 is 1.00 bits per heavy atom. The van der Waals surface area contributed by atoms with E-state index >= 15 is 0 Å². The first kappa shape index (κ1) is 16.6. The summed E-state index contributed by atoms with van der Waals surface area (Å²) in [4.78, 5) is 0. The van der Waals surface area contributed by atoms with Gasteiger partial charge in [0.2, 0.25) is 0 Å². The third-order valence-corrected chi connectivity index (χ3v) is 4.97. The van der Waals surface area contributed by atoms with Gasteiger partial charge in [-0.3, -0.25) is 0 Å². The van der Waals surface area contributed by atoms with Gasteiger partial charge in [-0.25, -0.2) is 9.13 Å². The predicted molar refractivity (Wildman–Crippen MR) is 103 cm³/mol. The molecule has 0 aliphatic carbocycles. The average molecular weight is 347 g/mol. The van der Waals surface area contributed by atoms with E-state index in [-0.39, 0.29) is 6.61 Å². The number of para-hydroxylation sites is 2. The molecule has 1 atom stereocenters. The van der Waals surface area contributed by atoms with Gasteiger partial charge in [0.25, 0.3) is 5.82 Å². The summed E-state index contributed by atoms with van der Waals surface area (Å²) in [6.45, 7) is 2.83. The van der Waals surface area contributed by atoms with E-state index in [2.05, 4.69) is 40.3 Å². The van der Waals surface area contributed by atoms with Gasteiger partial charge >= 0.3 is 0 Å². The lowest BCUT2D eigenvalue weighted by Crippen LogP contribution is -2.32. The van der Waals surface area contributed by atoms with Gasteiger partial charge in [-0.1, -0.05) is 42.5 Å². The van der Waals surface area contributed by atoms with Crippen molar-refractivity contribution in [3.63, 3.8) is 0 Å². The zero-order valence-electron chi connectivity index (χ0n) is 15.1. The molecule has 0 saturated heterocycles. The van der Waals surface area contributed by atoms with Crippen LogP contribution in [0.25, 0.3) is 21.8 Å². The van der Waals surface area contributed by atoms with Crippen LogP contribution < -0.4 is 9.30 Å². The summed E-state index contributed by atoms with van der Waals surface area (Å²) in [5, 5.41) is 12.8. The Labute approximate surface area is 152 Å². The lowest BCUT2D eigenvalue weighted by molar-refractivity contribution is -0.652. The molecule has 0 amide bonds. The Morgan fingerprint density at radius 3 is 2.58 bits per heavy atom. The number of fused-ring (bicyclic) bond motifs is 2. The smallest absolute Gasteiger partial charge is 0.254 e. The highest BCUT2D eigenvalue weighted by atomic mass is 16.5. The number of hydrogen-bond donors (Lipinski definition) is 1. The lowest BCUT2D eigenvalue weighted by atomic mass is 10.1. The number of aliphatic hydroxyl groups is 1. The fraction of sp³-hybridized carbons (Fsp3) is 0.227. The first-order valence-electron chi connectivity index (χ1n) is 8.87. The van der Waals surface area contributed by atoms with Crippen molar-refractivity contribution in [1.29, 1.82) is 0 Å². The van der Waals surface area contributed by atoms with Crippen molar-refractivity contribution in [2.75, 3.05) is 6.61 Å². The summed E-state index contributed by atoms with van der Waals surface area (Å²) in [6, 6.07) is 22.4. The Morgan fingerprint density at radius 2 is 1.73 bits per heavy atom. The standard InChI is InChI=1S/C22H23N2O2/c1-16-23(2)21-9-5-6-10-22(21)24(16)14-19(25)15-26-20-12-11-17-7-3-4-8-18(17)13-20/h3-13,19,25H,14-15H2,1-2H3/q+1/t19-/m0/s1. The van der Waals surface area contributed by atoms with E-state index in [1.165, 1.54) is 5.39 Å². The molecule has 3 aromatic carbocycles. The molecule has 0 unspecified atom stereocenters. The molecule has 4 heteroatoms. The Kier molecular flexibility index (Phi) is 4.35. The number of benzene rings is 3. The quantitative estimate of drug-likeness (QED) is 0.562. The molecule has 4 aromatic rings. The van der Waals surface area contributed by atoms with Crippen LogP contribution in [0.1, 0.15) is 5.82 Å². The number of aromatic nitrogens is 2. The van der Waals surface area contributed by atoms with E-state index in [4.69, 9.17) is 4.74 Å². The van der Waals surface area contributed by atoms with Crippen molar-refractivity contribution < 1.29 is 14.4 Å². The SMILES string of the molecule is Cc1n(C[C@H](O)COc2ccc3ccccc3c2)c2ccccc2[n+]1C. The van der Waals surface area contributed by atoms with Crippen molar-refractivity contribution in [1.82, 2.24) is 4.57 Å². The Hall–Kier alpha value is -2.85. The molecule has 1 aromatic heterocycles. The van der Waals surface area contributed by atoms with Gasteiger partial charge in [-0.2, -0.15) is 0 Å². The Balaban J connectivity index is 1.49. The minimum absolute atomic E-state index is 0.258. The summed E-state index contributed by atoms with van der Waals surface area (Å²) in [5.74, 6) is 1.89. The number of ether oxygens (including phenoxy) is 1. The minimum atomic E-state index is -0.587. The highest BCUT2D eigenvalue weighted by Gasteiger charge is 2.21. The van der Waals surface area contributed by atoms with Crippen LogP contribution in [-0.2, 0) is 13.6 Å². The number of aryl methyl sites for hydroxylation is 1. The fourth-order valence-electron chi connectivity index (χ4n) is 3.45. The van der Waals surface area contributed by atoms with Gasteiger partial charge in [-0.15, -0.1) is 0 Å². The molecule has 1 N–H and O–H groups in total. The highest BCUT2D eigenvalue weighted by molar-refractivity contribution is 5.83. The van der Waals surface area contributed by atoms with Crippen LogP contribution in [0.15, 0.2) is 66.7 Å². The number of rotatable bonds is 5. The van der Waals surface area contributed by atoms with Gasteiger partial charge in [0.15, 0.2) is 11.0 Å². The lowest BCUT2D eigenvalue weighted by Gasteiger charge is -2.12. The number of hydrogen-bond acceptors (Lipinski definition) is 2. The topological polar surface area (TPSA) is 38.3 Å². The normalized spacial score (nSPS) is 12.6. The first-order chi connectivity index (χ1) is 12.6. The molecule has 132 valence electrons. The van der Waals surface area contributed by atoms with Gasteiger partial charge < -0.3 is 9.84 Å². The largest absolute Gasteiger partial charge is 0.491 e. The van der Waals surface area contributed by atoms with Crippen molar-refractivity contribution in [2.45, 2.75) is 19.6 Å². The molecule has 0 aliphatic rings. The molecule has 0 spiro atoms. The Bertz CT molecular complexity index is 1070. The van der Waals surface area contributed by atoms with Crippen molar-refractivity contribution in [3.05, 3.63) is 72.6 Å². The second kappa shape index (κ2) is 6.81. The summed E-state index contributed by atoms with van der Waals surface area (Å²) < 4.78 is 10.1. The minimum Gasteiger partial charge on any atom is -0.491 e. The number of nitrogens with zero attached hydrogens (tertiary/aromatic N) is 2. The van der Waals surface area contributed by atoms with Gasteiger partial charge in [-0.05, 0) is 35.0 Å². The number of aliphatic hydroxyl groups excluding tert-OH is 1. The van der Waals surface area contributed by atoms with Crippen LogP contribution in [0.5, 0.6) is 5.75 Å². The zero-order chi connectivity index (χ0) is 18.1. The molecule has 1 heterocycles. The summed E-state index contributed by atoms with van der Waals surface area (Å²) >= 11 is 0. The maximum absolute atomic E-state index is 10.5. The van der Waals surface area contributed by atoms with Gasteiger partial charge in [0, 0.05) is 6.92 Å². The predicted octanol–water partition coefficient (Wildman–Crippen LogP) is 3.37. The molecule has 0 aliphatic heterocycles. The monoisotopic (exact) mass is 347 g/mol. The van der Waals surface area contributed by atoms with Crippen LogP contribution in [0, 0.1) is 6.92 Å². The maximum atomic E-state index is 10.5.